The highest BCUT2D eigenvalue weighted by Crippen LogP contribution is 2.17. The third kappa shape index (κ3) is 5.73. The summed E-state index contributed by atoms with van der Waals surface area (Å²) < 4.78 is 14.7. The van der Waals surface area contributed by atoms with E-state index in [1.807, 2.05) is 0 Å². The summed E-state index contributed by atoms with van der Waals surface area (Å²) in [5.74, 6) is 1.20. The fraction of sp³-hybridized carbons (Fsp3) is 0.615. The number of ether oxygens (including phenoxy) is 3. The Balaban J connectivity index is 2.29. The van der Waals surface area contributed by atoms with E-state index in [9.17, 15) is 4.79 Å². The number of hydrogen-bond acceptors (Lipinski definition) is 7. The number of carbonyl (C=O) groups excluding carboxylic acids is 1. The Kier molecular flexibility index (Phi) is 7.16. The molecule has 1 aromatic heterocycles. The van der Waals surface area contributed by atoms with E-state index >= 15 is 0 Å². The van der Waals surface area contributed by atoms with E-state index in [0.717, 1.165) is 25.8 Å². The molecule has 20 heavy (non-hydrogen) atoms. The Labute approximate surface area is 118 Å². The standard InChI is InChI=1S/C13H21N3O4/c1-18-10-9-11(19-2)16-13(15-10)14-8-6-4-5-7-12(17)20-3/h9H,4-8H2,1-3H3,(H,14,15,16). The van der Waals surface area contributed by atoms with Gasteiger partial charge in [0.15, 0.2) is 0 Å². The molecule has 0 aliphatic heterocycles. The van der Waals surface area contributed by atoms with Gasteiger partial charge in [-0.3, -0.25) is 4.79 Å². The van der Waals surface area contributed by atoms with Crippen LogP contribution in [0.2, 0.25) is 0 Å². The average Bonchev–Trinajstić information content (AvgIpc) is 2.49. The summed E-state index contributed by atoms with van der Waals surface area (Å²) in [4.78, 5) is 19.2. The van der Waals surface area contributed by atoms with Crippen molar-refractivity contribution >= 4 is 11.9 Å². The molecule has 0 unspecified atom stereocenters. The van der Waals surface area contributed by atoms with Crippen LogP contribution < -0.4 is 14.8 Å². The van der Waals surface area contributed by atoms with Crippen molar-refractivity contribution in [3.05, 3.63) is 6.07 Å². The quantitative estimate of drug-likeness (QED) is 0.545. The van der Waals surface area contributed by atoms with Crippen molar-refractivity contribution < 1.29 is 19.0 Å². The number of rotatable bonds is 9. The molecule has 0 radical (unpaired) electrons. The summed E-state index contributed by atoms with van der Waals surface area (Å²) in [6.07, 6.45) is 3.12. The molecule has 1 rings (SSSR count). The van der Waals surface area contributed by atoms with Gasteiger partial charge in [-0.15, -0.1) is 0 Å². The highest BCUT2D eigenvalue weighted by molar-refractivity contribution is 5.68. The highest BCUT2D eigenvalue weighted by Gasteiger charge is 2.04. The van der Waals surface area contributed by atoms with Gasteiger partial charge in [-0.05, 0) is 12.8 Å². The first-order valence-corrected chi connectivity index (χ1v) is 6.47. The number of methoxy groups -OCH3 is 3. The maximum atomic E-state index is 10.9. The number of carbonyl (C=O) groups is 1. The fourth-order valence-electron chi connectivity index (χ4n) is 1.57. The van der Waals surface area contributed by atoms with Gasteiger partial charge in [0.2, 0.25) is 17.7 Å². The number of esters is 1. The summed E-state index contributed by atoms with van der Waals surface area (Å²) in [6, 6.07) is 1.61. The molecular weight excluding hydrogens is 262 g/mol. The molecule has 0 aliphatic rings. The van der Waals surface area contributed by atoms with E-state index in [2.05, 4.69) is 20.0 Å². The Morgan fingerprint density at radius 2 is 1.75 bits per heavy atom. The van der Waals surface area contributed by atoms with E-state index in [4.69, 9.17) is 9.47 Å². The second kappa shape index (κ2) is 8.95. The van der Waals surface area contributed by atoms with Crippen molar-refractivity contribution in [2.75, 3.05) is 33.2 Å². The van der Waals surface area contributed by atoms with E-state index in [0.29, 0.717) is 24.1 Å². The largest absolute Gasteiger partial charge is 0.481 e. The Hall–Kier alpha value is -2.05. The number of hydrogen-bond donors (Lipinski definition) is 1. The smallest absolute Gasteiger partial charge is 0.305 e. The molecule has 1 heterocycles. The number of unbranched alkanes of at least 4 members (excludes halogenated alkanes) is 2. The van der Waals surface area contributed by atoms with Gasteiger partial charge >= 0.3 is 5.97 Å². The molecule has 0 atom stereocenters. The Bertz CT molecular complexity index is 404. The molecule has 0 aliphatic carbocycles. The summed E-state index contributed by atoms with van der Waals surface area (Å²) in [5, 5.41) is 3.10. The average molecular weight is 283 g/mol. The van der Waals surface area contributed by atoms with Crippen LogP contribution in [0.3, 0.4) is 0 Å². The SMILES string of the molecule is COC(=O)CCCCCNc1nc(OC)cc(OC)n1. The van der Waals surface area contributed by atoms with Crippen molar-refractivity contribution in [3.8, 4) is 11.8 Å². The van der Waals surface area contributed by atoms with Gasteiger partial charge in [-0.2, -0.15) is 9.97 Å². The van der Waals surface area contributed by atoms with Crippen LogP contribution in [0.5, 0.6) is 11.8 Å². The van der Waals surface area contributed by atoms with Gasteiger partial charge in [0.25, 0.3) is 0 Å². The van der Waals surface area contributed by atoms with E-state index in [-0.39, 0.29) is 5.97 Å². The second-order valence-electron chi connectivity index (χ2n) is 4.09. The minimum atomic E-state index is -0.168. The van der Waals surface area contributed by atoms with Crippen LogP contribution in [0.1, 0.15) is 25.7 Å². The van der Waals surface area contributed by atoms with Gasteiger partial charge in [0.05, 0.1) is 27.4 Å². The second-order valence-corrected chi connectivity index (χ2v) is 4.09. The van der Waals surface area contributed by atoms with Crippen LogP contribution in [-0.4, -0.2) is 43.8 Å². The summed E-state index contributed by atoms with van der Waals surface area (Å²) >= 11 is 0. The van der Waals surface area contributed by atoms with E-state index in [1.54, 1.807) is 20.3 Å². The molecule has 1 aromatic rings. The maximum Gasteiger partial charge on any atom is 0.305 e. The number of aromatic nitrogens is 2. The lowest BCUT2D eigenvalue weighted by Gasteiger charge is -2.08. The molecule has 0 fully saturated rings. The predicted octanol–water partition coefficient (Wildman–Crippen LogP) is 1.64. The van der Waals surface area contributed by atoms with Gasteiger partial charge in [0, 0.05) is 13.0 Å². The van der Waals surface area contributed by atoms with Crippen LogP contribution in [0.25, 0.3) is 0 Å². The van der Waals surface area contributed by atoms with Crippen molar-refractivity contribution in [1.29, 1.82) is 0 Å². The monoisotopic (exact) mass is 283 g/mol. The third-order valence-electron chi connectivity index (χ3n) is 2.67. The molecule has 1 N–H and O–H groups in total. The van der Waals surface area contributed by atoms with Crippen molar-refractivity contribution in [3.63, 3.8) is 0 Å². The molecule has 0 spiro atoms. The lowest BCUT2D eigenvalue weighted by Crippen LogP contribution is -2.07. The topological polar surface area (TPSA) is 82.6 Å². The number of nitrogens with zero attached hydrogens (tertiary/aromatic N) is 2. The zero-order valence-corrected chi connectivity index (χ0v) is 12.1. The van der Waals surface area contributed by atoms with Crippen LogP contribution in [-0.2, 0) is 9.53 Å². The Morgan fingerprint density at radius 3 is 2.30 bits per heavy atom. The predicted molar refractivity (Wildman–Crippen MR) is 74.1 cm³/mol. The maximum absolute atomic E-state index is 10.9. The van der Waals surface area contributed by atoms with Crippen molar-refractivity contribution in [2.24, 2.45) is 0 Å². The zero-order valence-electron chi connectivity index (χ0n) is 12.1. The first-order chi connectivity index (χ1) is 9.69. The summed E-state index contributed by atoms with van der Waals surface area (Å²) in [5.41, 5.74) is 0. The van der Waals surface area contributed by atoms with Gasteiger partial charge in [0.1, 0.15) is 0 Å². The summed E-state index contributed by atoms with van der Waals surface area (Å²) in [6.45, 7) is 0.720. The van der Waals surface area contributed by atoms with Crippen molar-refractivity contribution in [2.45, 2.75) is 25.7 Å². The van der Waals surface area contributed by atoms with Crippen LogP contribution in [0.15, 0.2) is 6.07 Å². The molecule has 0 bridgehead atoms. The normalized spacial score (nSPS) is 9.95. The number of anilines is 1. The molecule has 0 saturated carbocycles. The molecular formula is C13H21N3O4. The molecule has 0 aromatic carbocycles. The van der Waals surface area contributed by atoms with Crippen LogP contribution >= 0.6 is 0 Å². The highest BCUT2D eigenvalue weighted by atomic mass is 16.5. The van der Waals surface area contributed by atoms with Gasteiger partial charge in [-0.25, -0.2) is 0 Å². The van der Waals surface area contributed by atoms with Crippen molar-refractivity contribution in [1.82, 2.24) is 9.97 Å². The molecule has 7 heteroatoms. The van der Waals surface area contributed by atoms with Gasteiger partial charge in [-0.1, -0.05) is 6.42 Å². The number of nitrogens with one attached hydrogen (secondary N) is 1. The minimum Gasteiger partial charge on any atom is -0.481 e. The lowest BCUT2D eigenvalue weighted by atomic mass is 10.2. The molecule has 7 nitrogen and oxygen atoms in total. The third-order valence-corrected chi connectivity index (χ3v) is 2.67. The Morgan fingerprint density at radius 1 is 1.10 bits per heavy atom. The van der Waals surface area contributed by atoms with Gasteiger partial charge < -0.3 is 19.5 Å². The zero-order chi connectivity index (χ0) is 14.8. The fourth-order valence-corrected chi connectivity index (χ4v) is 1.57. The van der Waals surface area contributed by atoms with Crippen LogP contribution in [0, 0.1) is 0 Å². The van der Waals surface area contributed by atoms with E-state index < -0.39 is 0 Å². The molecule has 0 amide bonds. The van der Waals surface area contributed by atoms with Crippen LogP contribution in [0.4, 0.5) is 5.95 Å². The first kappa shape index (κ1) is 16.0. The minimum absolute atomic E-state index is 0.168. The lowest BCUT2D eigenvalue weighted by molar-refractivity contribution is -0.140. The van der Waals surface area contributed by atoms with E-state index in [1.165, 1.54) is 7.11 Å². The molecule has 112 valence electrons. The first-order valence-electron chi connectivity index (χ1n) is 6.47. The summed E-state index contributed by atoms with van der Waals surface area (Å²) in [7, 11) is 4.48. The molecule has 0 saturated heterocycles.